The van der Waals surface area contributed by atoms with Crippen molar-refractivity contribution in [1.82, 2.24) is 9.78 Å². The summed E-state index contributed by atoms with van der Waals surface area (Å²) < 4.78 is 16.2. The standard InChI is InChI=1S/C13H15BrFN3/c1-7(2)10-12(17-18(3)13(10)16)8-5-4-6-9(14)11(8)15/h4-7H,16H2,1-3H3. The first-order valence-corrected chi connectivity index (χ1v) is 6.49. The van der Waals surface area contributed by atoms with Crippen LogP contribution < -0.4 is 5.73 Å². The Morgan fingerprint density at radius 3 is 2.67 bits per heavy atom. The van der Waals surface area contributed by atoms with Crippen molar-refractivity contribution in [2.24, 2.45) is 7.05 Å². The van der Waals surface area contributed by atoms with E-state index in [9.17, 15) is 4.39 Å². The summed E-state index contributed by atoms with van der Waals surface area (Å²) >= 11 is 3.19. The zero-order valence-corrected chi connectivity index (χ0v) is 12.1. The van der Waals surface area contributed by atoms with Crippen molar-refractivity contribution in [2.75, 3.05) is 5.73 Å². The van der Waals surface area contributed by atoms with E-state index in [1.165, 1.54) is 0 Å². The Kier molecular flexibility index (Phi) is 3.43. The molecule has 0 aliphatic heterocycles. The van der Waals surface area contributed by atoms with Gasteiger partial charge in [0, 0.05) is 18.2 Å². The lowest BCUT2D eigenvalue weighted by Crippen LogP contribution is -2.00. The van der Waals surface area contributed by atoms with E-state index in [1.807, 2.05) is 13.8 Å². The Labute approximate surface area is 114 Å². The molecule has 0 saturated carbocycles. The predicted octanol–water partition coefficient (Wildman–Crippen LogP) is 3.69. The van der Waals surface area contributed by atoms with Crippen LogP contribution in [0.4, 0.5) is 10.2 Å². The summed E-state index contributed by atoms with van der Waals surface area (Å²) in [4.78, 5) is 0. The van der Waals surface area contributed by atoms with Gasteiger partial charge in [0.2, 0.25) is 0 Å². The first-order valence-electron chi connectivity index (χ1n) is 5.70. The third-order valence-corrected chi connectivity index (χ3v) is 3.53. The number of benzene rings is 1. The highest BCUT2D eigenvalue weighted by Gasteiger charge is 2.21. The van der Waals surface area contributed by atoms with Crippen molar-refractivity contribution in [3.05, 3.63) is 34.1 Å². The maximum Gasteiger partial charge on any atom is 0.146 e. The highest BCUT2D eigenvalue weighted by Crippen LogP contribution is 2.35. The van der Waals surface area contributed by atoms with Crippen molar-refractivity contribution in [2.45, 2.75) is 19.8 Å². The Morgan fingerprint density at radius 2 is 2.06 bits per heavy atom. The molecule has 0 atom stereocenters. The summed E-state index contributed by atoms with van der Waals surface area (Å²) in [5.74, 6) is 0.462. The van der Waals surface area contributed by atoms with E-state index in [0.29, 0.717) is 21.5 Å². The lowest BCUT2D eigenvalue weighted by Gasteiger charge is -2.08. The molecule has 96 valence electrons. The smallest absolute Gasteiger partial charge is 0.146 e. The van der Waals surface area contributed by atoms with Gasteiger partial charge in [0.25, 0.3) is 0 Å². The summed E-state index contributed by atoms with van der Waals surface area (Å²) in [6.45, 7) is 4.04. The Hall–Kier alpha value is -1.36. The van der Waals surface area contributed by atoms with Crippen molar-refractivity contribution in [3.63, 3.8) is 0 Å². The van der Waals surface area contributed by atoms with Crippen LogP contribution >= 0.6 is 15.9 Å². The molecule has 0 aliphatic carbocycles. The second kappa shape index (κ2) is 4.72. The van der Waals surface area contributed by atoms with Crippen LogP contribution in [-0.2, 0) is 7.05 Å². The van der Waals surface area contributed by atoms with E-state index in [-0.39, 0.29) is 11.7 Å². The van der Waals surface area contributed by atoms with E-state index >= 15 is 0 Å². The molecule has 0 fully saturated rings. The number of nitrogen functional groups attached to an aromatic ring is 1. The molecular weight excluding hydrogens is 297 g/mol. The molecule has 2 rings (SSSR count). The van der Waals surface area contributed by atoms with Crippen LogP contribution in [-0.4, -0.2) is 9.78 Å². The third kappa shape index (κ3) is 2.03. The number of hydrogen-bond donors (Lipinski definition) is 1. The maximum atomic E-state index is 14.1. The van der Waals surface area contributed by atoms with Crippen LogP contribution in [0, 0.1) is 5.82 Å². The molecule has 2 aromatic rings. The molecule has 5 heteroatoms. The molecule has 1 aromatic carbocycles. The van der Waals surface area contributed by atoms with Gasteiger partial charge in [0.15, 0.2) is 0 Å². The van der Waals surface area contributed by atoms with Gasteiger partial charge in [-0.3, -0.25) is 4.68 Å². The van der Waals surface area contributed by atoms with Gasteiger partial charge in [-0.25, -0.2) is 4.39 Å². The van der Waals surface area contributed by atoms with Crippen molar-refractivity contribution in [1.29, 1.82) is 0 Å². The van der Waals surface area contributed by atoms with E-state index in [4.69, 9.17) is 5.73 Å². The molecule has 0 spiro atoms. The van der Waals surface area contributed by atoms with E-state index in [1.54, 1.807) is 29.9 Å². The number of aromatic nitrogens is 2. The van der Waals surface area contributed by atoms with Gasteiger partial charge >= 0.3 is 0 Å². The molecule has 0 amide bonds. The van der Waals surface area contributed by atoms with Crippen molar-refractivity contribution in [3.8, 4) is 11.3 Å². The minimum absolute atomic E-state index is 0.187. The highest BCUT2D eigenvalue weighted by atomic mass is 79.9. The van der Waals surface area contributed by atoms with E-state index in [2.05, 4.69) is 21.0 Å². The number of aryl methyl sites for hydroxylation is 1. The summed E-state index contributed by atoms with van der Waals surface area (Å²) in [6.07, 6.45) is 0. The predicted molar refractivity (Wildman–Crippen MR) is 74.8 cm³/mol. The Morgan fingerprint density at radius 1 is 1.39 bits per heavy atom. The minimum atomic E-state index is -0.308. The summed E-state index contributed by atoms with van der Waals surface area (Å²) in [5.41, 5.74) is 7.97. The zero-order chi connectivity index (χ0) is 13.4. The Balaban J connectivity index is 2.71. The van der Waals surface area contributed by atoms with Gasteiger partial charge in [0.05, 0.1) is 4.47 Å². The average molecular weight is 312 g/mol. The minimum Gasteiger partial charge on any atom is -0.384 e. The lowest BCUT2D eigenvalue weighted by atomic mass is 9.98. The summed E-state index contributed by atoms with van der Waals surface area (Å²) in [7, 11) is 1.76. The average Bonchev–Trinajstić information content (AvgIpc) is 2.59. The van der Waals surface area contributed by atoms with E-state index in [0.717, 1.165) is 5.56 Å². The van der Waals surface area contributed by atoms with Gasteiger partial charge in [-0.15, -0.1) is 0 Å². The molecule has 0 aliphatic rings. The second-order valence-electron chi connectivity index (χ2n) is 4.53. The molecule has 2 N–H and O–H groups in total. The second-order valence-corrected chi connectivity index (χ2v) is 5.38. The lowest BCUT2D eigenvalue weighted by molar-refractivity contribution is 0.623. The summed E-state index contributed by atoms with van der Waals surface area (Å²) in [6, 6.07) is 5.17. The van der Waals surface area contributed by atoms with Crippen molar-refractivity contribution >= 4 is 21.7 Å². The molecule has 1 heterocycles. The van der Waals surface area contributed by atoms with Crippen molar-refractivity contribution < 1.29 is 4.39 Å². The molecule has 3 nitrogen and oxygen atoms in total. The van der Waals surface area contributed by atoms with Gasteiger partial charge in [-0.05, 0) is 34.0 Å². The summed E-state index contributed by atoms with van der Waals surface area (Å²) in [5, 5.41) is 4.33. The third-order valence-electron chi connectivity index (χ3n) is 2.91. The van der Waals surface area contributed by atoms with Gasteiger partial charge in [-0.1, -0.05) is 19.9 Å². The highest BCUT2D eigenvalue weighted by molar-refractivity contribution is 9.10. The maximum absolute atomic E-state index is 14.1. The van der Waals surface area contributed by atoms with Crippen LogP contribution in [0.25, 0.3) is 11.3 Å². The number of nitrogens with zero attached hydrogens (tertiary/aromatic N) is 2. The fourth-order valence-corrected chi connectivity index (χ4v) is 2.37. The van der Waals surface area contributed by atoms with Crippen LogP contribution in [0.1, 0.15) is 25.3 Å². The fourth-order valence-electron chi connectivity index (χ4n) is 2.01. The quantitative estimate of drug-likeness (QED) is 0.919. The van der Waals surface area contributed by atoms with Gasteiger partial charge in [-0.2, -0.15) is 5.10 Å². The van der Waals surface area contributed by atoms with Gasteiger partial charge in [0.1, 0.15) is 17.3 Å². The molecule has 0 saturated heterocycles. The number of halogens is 2. The monoisotopic (exact) mass is 311 g/mol. The topological polar surface area (TPSA) is 43.8 Å². The molecular formula is C13H15BrFN3. The fraction of sp³-hybridized carbons (Fsp3) is 0.308. The van der Waals surface area contributed by atoms with Gasteiger partial charge < -0.3 is 5.73 Å². The molecule has 18 heavy (non-hydrogen) atoms. The number of nitrogens with two attached hydrogens (primary N) is 1. The molecule has 0 unspecified atom stereocenters. The Bertz CT molecular complexity index is 590. The SMILES string of the molecule is CC(C)c1c(-c2cccc(Br)c2F)nn(C)c1N. The van der Waals surface area contributed by atoms with Crippen LogP contribution in [0.15, 0.2) is 22.7 Å². The zero-order valence-electron chi connectivity index (χ0n) is 10.5. The molecule has 0 bridgehead atoms. The number of anilines is 1. The molecule has 0 radical (unpaired) electrons. The first-order chi connectivity index (χ1) is 8.43. The first kappa shape index (κ1) is 13.1. The van der Waals surface area contributed by atoms with Crippen LogP contribution in [0.3, 0.4) is 0 Å². The number of rotatable bonds is 2. The normalized spacial score (nSPS) is 11.2. The van der Waals surface area contributed by atoms with Crippen LogP contribution in [0.5, 0.6) is 0 Å². The largest absolute Gasteiger partial charge is 0.384 e. The van der Waals surface area contributed by atoms with E-state index < -0.39 is 0 Å². The van der Waals surface area contributed by atoms with Crippen LogP contribution in [0.2, 0.25) is 0 Å². The number of hydrogen-bond acceptors (Lipinski definition) is 2. The molecule has 1 aromatic heterocycles.